The maximum atomic E-state index is 12.8. The van der Waals surface area contributed by atoms with Gasteiger partial charge in [-0.1, -0.05) is 24.3 Å². The zero-order valence-electron chi connectivity index (χ0n) is 13.7. The molecular weight excluding hydrogens is 329 g/mol. The van der Waals surface area contributed by atoms with Crippen LogP contribution in [0.2, 0.25) is 0 Å². The molecule has 0 aliphatic carbocycles. The van der Waals surface area contributed by atoms with Gasteiger partial charge in [-0.2, -0.15) is 13.2 Å². The summed E-state index contributed by atoms with van der Waals surface area (Å²) in [4.78, 5) is 18.8. The molecule has 1 fully saturated rings. The summed E-state index contributed by atoms with van der Waals surface area (Å²) >= 11 is 0. The Balaban J connectivity index is 1.77. The van der Waals surface area contributed by atoms with Crippen LogP contribution in [0.4, 0.5) is 13.2 Å². The summed E-state index contributed by atoms with van der Waals surface area (Å²) in [6.45, 7) is 0.610. The van der Waals surface area contributed by atoms with Gasteiger partial charge in [-0.15, -0.1) is 0 Å². The van der Waals surface area contributed by atoms with Crippen LogP contribution < -0.4 is 0 Å². The average molecular weight is 348 g/mol. The van der Waals surface area contributed by atoms with Crippen molar-refractivity contribution in [2.24, 2.45) is 0 Å². The van der Waals surface area contributed by atoms with Gasteiger partial charge < -0.3 is 4.90 Å². The molecule has 0 N–H and O–H groups in total. The first-order valence-corrected chi connectivity index (χ1v) is 8.31. The highest BCUT2D eigenvalue weighted by Crippen LogP contribution is 2.32. The molecule has 2 heterocycles. The third-order valence-electron chi connectivity index (χ3n) is 4.46. The second-order valence-electron chi connectivity index (χ2n) is 6.23. The van der Waals surface area contributed by atoms with E-state index in [1.165, 1.54) is 6.07 Å². The fourth-order valence-corrected chi connectivity index (χ4v) is 3.24. The number of aromatic nitrogens is 1. The molecule has 132 valence electrons. The van der Waals surface area contributed by atoms with Crippen molar-refractivity contribution < 1.29 is 18.0 Å². The summed E-state index contributed by atoms with van der Waals surface area (Å²) in [5.41, 5.74) is 0.488. The number of carbonyl (C=O) groups is 1. The van der Waals surface area contributed by atoms with E-state index in [1.54, 1.807) is 17.2 Å². The molecule has 1 amide bonds. The van der Waals surface area contributed by atoms with Gasteiger partial charge in [0, 0.05) is 12.7 Å². The van der Waals surface area contributed by atoms with Gasteiger partial charge in [-0.3, -0.25) is 9.78 Å². The van der Waals surface area contributed by atoms with Crippen LogP contribution in [0.25, 0.3) is 0 Å². The number of likely N-dealkylation sites (tertiary alicyclic amines) is 1. The first kappa shape index (κ1) is 17.5. The number of piperidine rings is 1. The molecule has 0 saturated carbocycles. The minimum atomic E-state index is -4.40. The van der Waals surface area contributed by atoms with E-state index in [4.69, 9.17) is 0 Å². The number of pyridine rings is 1. The number of nitrogens with zero attached hydrogens (tertiary/aromatic N) is 2. The van der Waals surface area contributed by atoms with Crippen molar-refractivity contribution in [3.8, 4) is 0 Å². The number of carbonyl (C=O) groups excluding carboxylic acids is 1. The Bertz CT molecular complexity index is 731. The van der Waals surface area contributed by atoms with Gasteiger partial charge >= 0.3 is 6.18 Å². The zero-order valence-corrected chi connectivity index (χ0v) is 13.7. The quantitative estimate of drug-likeness (QED) is 0.824. The molecule has 0 unspecified atom stereocenters. The molecule has 6 heteroatoms. The molecule has 1 aromatic carbocycles. The molecule has 25 heavy (non-hydrogen) atoms. The highest BCUT2D eigenvalue weighted by molar-refractivity contribution is 5.79. The first-order chi connectivity index (χ1) is 11.9. The Morgan fingerprint density at radius 1 is 1.16 bits per heavy atom. The molecule has 3 rings (SSSR count). The molecule has 1 aromatic heterocycles. The smallest absolute Gasteiger partial charge is 0.334 e. The van der Waals surface area contributed by atoms with Crippen molar-refractivity contribution in [2.45, 2.75) is 37.9 Å². The van der Waals surface area contributed by atoms with Crippen molar-refractivity contribution >= 4 is 5.91 Å². The lowest BCUT2D eigenvalue weighted by Crippen LogP contribution is -2.39. The topological polar surface area (TPSA) is 33.2 Å². The number of hydrogen-bond acceptors (Lipinski definition) is 2. The maximum absolute atomic E-state index is 12.8. The number of alkyl halides is 3. The molecule has 0 bridgehead atoms. The number of halogens is 3. The number of amides is 1. The lowest BCUT2D eigenvalue weighted by Gasteiger charge is -2.35. The third-order valence-corrected chi connectivity index (χ3v) is 4.46. The van der Waals surface area contributed by atoms with Crippen LogP contribution in [-0.4, -0.2) is 22.3 Å². The summed E-state index contributed by atoms with van der Waals surface area (Å²) < 4.78 is 38.5. The van der Waals surface area contributed by atoms with Crippen LogP contribution in [0, 0.1) is 0 Å². The van der Waals surface area contributed by atoms with E-state index in [0.29, 0.717) is 12.1 Å². The minimum absolute atomic E-state index is 0.0345. The van der Waals surface area contributed by atoms with Crippen LogP contribution in [-0.2, 0) is 17.4 Å². The largest absolute Gasteiger partial charge is 0.416 e. The van der Waals surface area contributed by atoms with E-state index in [1.807, 2.05) is 18.2 Å². The van der Waals surface area contributed by atoms with Crippen molar-refractivity contribution in [1.29, 1.82) is 0 Å². The van der Waals surface area contributed by atoms with E-state index in [2.05, 4.69) is 4.98 Å². The lowest BCUT2D eigenvalue weighted by atomic mass is 9.97. The van der Waals surface area contributed by atoms with Crippen LogP contribution in [0.15, 0.2) is 48.7 Å². The van der Waals surface area contributed by atoms with E-state index in [-0.39, 0.29) is 18.4 Å². The Labute approximate surface area is 144 Å². The van der Waals surface area contributed by atoms with Gasteiger partial charge in [-0.25, -0.2) is 0 Å². The second-order valence-corrected chi connectivity index (χ2v) is 6.23. The number of hydrogen-bond donors (Lipinski definition) is 0. The van der Waals surface area contributed by atoms with E-state index < -0.39 is 11.7 Å². The monoisotopic (exact) mass is 348 g/mol. The number of rotatable bonds is 3. The fourth-order valence-electron chi connectivity index (χ4n) is 3.24. The standard InChI is InChI=1S/C19H19F3N2O/c20-19(21,22)15-7-5-6-14(12-15)13-18(25)24-11-4-2-9-17(24)16-8-1-3-10-23-16/h1,3,5-8,10,12,17H,2,4,9,11,13H2/t17-/m1/s1. The summed E-state index contributed by atoms with van der Waals surface area (Å²) in [6.07, 6.45) is -0.00901. The van der Waals surface area contributed by atoms with Gasteiger partial charge in [0.2, 0.25) is 5.91 Å². The Morgan fingerprint density at radius 3 is 2.72 bits per heavy atom. The predicted molar refractivity (Wildman–Crippen MR) is 87.7 cm³/mol. The molecule has 1 aliphatic heterocycles. The molecule has 1 aliphatic rings. The molecular formula is C19H19F3N2O. The molecule has 2 aromatic rings. The number of benzene rings is 1. The Morgan fingerprint density at radius 2 is 2.00 bits per heavy atom. The van der Waals surface area contributed by atoms with E-state index in [0.717, 1.165) is 37.1 Å². The summed E-state index contributed by atoms with van der Waals surface area (Å²) in [7, 11) is 0. The summed E-state index contributed by atoms with van der Waals surface area (Å²) in [5.74, 6) is -0.158. The van der Waals surface area contributed by atoms with Crippen LogP contribution in [0.1, 0.15) is 42.1 Å². The molecule has 3 nitrogen and oxygen atoms in total. The predicted octanol–water partition coefficient (Wildman–Crippen LogP) is 4.40. The van der Waals surface area contributed by atoms with Gasteiger partial charge in [0.05, 0.1) is 23.7 Å². The first-order valence-electron chi connectivity index (χ1n) is 8.31. The highest BCUT2D eigenvalue weighted by Gasteiger charge is 2.31. The second kappa shape index (κ2) is 7.25. The summed E-state index contributed by atoms with van der Waals surface area (Å²) in [6, 6.07) is 10.5. The van der Waals surface area contributed by atoms with Gasteiger partial charge in [0.1, 0.15) is 0 Å². The molecule has 0 radical (unpaired) electrons. The lowest BCUT2D eigenvalue weighted by molar-refractivity contribution is -0.138. The summed E-state index contributed by atoms with van der Waals surface area (Å²) in [5, 5.41) is 0. The van der Waals surface area contributed by atoms with Crippen molar-refractivity contribution in [2.75, 3.05) is 6.54 Å². The van der Waals surface area contributed by atoms with Gasteiger partial charge in [0.15, 0.2) is 0 Å². The van der Waals surface area contributed by atoms with Gasteiger partial charge in [0.25, 0.3) is 0 Å². The normalized spacial score (nSPS) is 18.2. The van der Waals surface area contributed by atoms with Crippen LogP contribution in [0.5, 0.6) is 0 Å². The third kappa shape index (κ3) is 4.18. The van der Waals surface area contributed by atoms with E-state index in [9.17, 15) is 18.0 Å². The minimum Gasteiger partial charge on any atom is -0.334 e. The Hall–Kier alpha value is -2.37. The average Bonchev–Trinajstić information content (AvgIpc) is 2.62. The van der Waals surface area contributed by atoms with Crippen molar-refractivity contribution in [3.05, 3.63) is 65.5 Å². The Kier molecular flexibility index (Phi) is 5.06. The molecule has 1 saturated heterocycles. The maximum Gasteiger partial charge on any atom is 0.416 e. The fraction of sp³-hybridized carbons (Fsp3) is 0.368. The molecule has 0 spiro atoms. The van der Waals surface area contributed by atoms with Crippen LogP contribution >= 0.6 is 0 Å². The van der Waals surface area contributed by atoms with Crippen molar-refractivity contribution in [3.63, 3.8) is 0 Å². The van der Waals surface area contributed by atoms with Crippen molar-refractivity contribution in [1.82, 2.24) is 9.88 Å². The SMILES string of the molecule is O=C(Cc1cccc(C(F)(F)F)c1)N1CCCC[C@@H]1c1ccccn1. The zero-order chi connectivity index (χ0) is 17.9. The van der Waals surface area contributed by atoms with Crippen LogP contribution in [0.3, 0.4) is 0 Å². The van der Waals surface area contributed by atoms with E-state index >= 15 is 0 Å². The van der Waals surface area contributed by atoms with Gasteiger partial charge in [-0.05, 0) is 43.0 Å². The molecule has 1 atom stereocenters. The highest BCUT2D eigenvalue weighted by atomic mass is 19.4.